The van der Waals surface area contributed by atoms with Gasteiger partial charge in [-0.05, 0) is 38.5 Å². The van der Waals surface area contributed by atoms with E-state index < -0.39 is 0 Å². The third-order valence-electron chi connectivity index (χ3n) is 4.32. The SMILES string of the molecule is CC1CCC(C2CNC(C)C(C)O2)CC1. The van der Waals surface area contributed by atoms with Gasteiger partial charge < -0.3 is 10.1 Å². The summed E-state index contributed by atoms with van der Waals surface area (Å²) in [6, 6.07) is 0.517. The van der Waals surface area contributed by atoms with Crippen molar-refractivity contribution in [1.29, 1.82) is 0 Å². The molecule has 2 rings (SSSR count). The van der Waals surface area contributed by atoms with Gasteiger partial charge in [0.2, 0.25) is 0 Å². The van der Waals surface area contributed by atoms with E-state index in [2.05, 4.69) is 26.1 Å². The molecule has 0 amide bonds. The Morgan fingerprint density at radius 1 is 1.00 bits per heavy atom. The molecule has 88 valence electrons. The lowest BCUT2D eigenvalue weighted by molar-refractivity contribution is -0.0838. The minimum Gasteiger partial charge on any atom is -0.372 e. The molecule has 0 aromatic rings. The molecule has 0 spiro atoms. The fraction of sp³-hybridized carbons (Fsp3) is 1.00. The molecule has 1 N–H and O–H groups in total. The molecule has 2 nitrogen and oxygen atoms in total. The van der Waals surface area contributed by atoms with Crippen LogP contribution in [0.2, 0.25) is 0 Å². The molecule has 2 aliphatic rings. The van der Waals surface area contributed by atoms with E-state index in [-0.39, 0.29) is 0 Å². The highest BCUT2D eigenvalue weighted by molar-refractivity contribution is 4.85. The molecule has 1 heterocycles. The van der Waals surface area contributed by atoms with Crippen LogP contribution in [-0.4, -0.2) is 24.8 Å². The van der Waals surface area contributed by atoms with Crippen molar-refractivity contribution in [3.8, 4) is 0 Å². The van der Waals surface area contributed by atoms with Gasteiger partial charge in [-0.1, -0.05) is 19.8 Å². The number of hydrogen-bond acceptors (Lipinski definition) is 2. The first-order valence-corrected chi connectivity index (χ1v) is 6.55. The Kier molecular flexibility index (Phi) is 3.68. The van der Waals surface area contributed by atoms with Gasteiger partial charge in [0.05, 0.1) is 12.2 Å². The van der Waals surface area contributed by atoms with Crippen LogP contribution in [0, 0.1) is 11.8 Å². The molecule has 15 heavy (non-hydrogen) atoms. The van der Waals surface area contributed by atoms with Crippen LogP contribution in [0.15, 0.2) is 0 Å². The van der Waals surface area contributed by atoms with E-state index in [1.165, 1.54) is 25.7 Å². The van der Waals surface area contributed by atoms with E-state index in [9.17, 15) is 0 Å². The minimum absolute atomic E-state index is 0.378. The molecule has 1 aliphatic heterocycles. The number of hydrogen-bond donors (Lipinski definition) is 1. The number of rotatable bonds is 1. The van der Waals surface area contributed by atoms with Crippen LogP contribution in [-0.2, 0) is 4.74 Å². The van der Waals surface area contributed by atoms with Crippen LogP contribution in [0.3, 0.4) is 0 Å². The standard InChI is InChI=1S/C13H25NO/c1-9-4-6-12(7-5-9)13-8-14-10(2)11(3)15-13/h9-14H,4-8H2,1-3H3. The third-order valence-corrected chi connectivity index (χ3v) is 4.32. The Hall–Kier alpha value is -0.0800. The topological polar surface area (TPSA) is 21.3 Å². The molecule has 0 radical (unpaired) electrons. The van der Waals surface area contributed by atoms with E-state index in [0.717, 1.165) is 18.4 Å². The lowest BCUT2D eigenvalue weighted by atomic mass is 9.79. The highest BCUT2D eigenvalue weighted by Gasteiger charge is 2.32. The van der Waals surface area contributed by atoms with Crippen LogP contribution in [0.1, 0.15) is 46.5 Å². The summed E-state index contributed by atoms with van der Waals surface area (Å²) < 4.78 is 6.11. The smallest absolute Gasteiger partial charge is 0.0732 e. The minimum atomic E-state index is 0.378. The summed E-state index contributed by atoms with van der Waals surface area (Å²) in [6.45, 7) is 7.84. The molecule has 1 saturated heterocycles. The second kappa shape index (κ2) is 4.84. The summed E-state index contributed by atoms with van der Waals surface area (Å²) in [5, 5.41) is 3.57. The van der Waals surface area contributed by atoms with Crippen molar-refractivity contribution in [2.75, 3.05) is 6.54 Å². The Labute approximate surface area is 93.8 Å². The van der Waals surface area contributed by atoms with E-state index in [1.807, 2.05) is 0 Å². The second-order valence-electron chi connectivity index (χ2n) is 5.60. The van der Waals surface area contributed by atoms with Gasteiger partial charge in [0, 0.05) is 12.6 Å². The van der Waals surface area contributed by atoms with Crippen molar-refractivity contribution in [1.82, 2.24) is 5.32 Å². The van der Waals surface area contributed by atoms with Gasteiger partial charge in [0.1, 0.15) is 0 Å². The zero-order chi connectivity index (χ0) is 10.8. The molecular weight excluding hydrogens is 186 g/mol. The van der Waals surface area contributed by atoms with Crippen LogP contribution in [0.5, 0.6) is 0 Å². The predicted molar refractivity (Wildman–Crippen MR) is 62.9 cm³/mol. The highest BCUT2D eigenvalue weighted by Crippen LogP contribution is 2.32. The summed E-state index contributed by atoms with van der Waals surface area (Å²) in [5.74, 6) is 1.75. The van der Waals surface area contributed by atoms with Crippen molar-refractivity contribution >= 4 is 0 Å². The lowest BCUT2D eigenvalue weighted by Gasteiger charge is -2.40. The van der Waals surface area contributed by atoms with Crippen LogP contribution < -0.4 is 5.32 Å². The van der Waals surface area contributed by atoms with Gasteiger partial charge >= 0.3 is 0 Å². The number of nitrogens with one attached hydrogen (secondary N) is 1. The molecule has 0 aromatic heterocycles. The van der Waals surface area contributed by atoms with Gasteiger partial charge in [0.25, 0.3) is 0 Å². The Morgan fingerprint density at radius 2 is 1.67 bits per heavy atom. The highest BCUT2D eigenvalue weighted by atomic mass is 16.5. The van der Waals surface area contributed by atoms with Gasteiger partial charge in [-0.15, -0.1) is 0 Å². The third kappa shape index (κ3) is 2.73. The van der Waals surface area contributed by atoms with Crippen molar-refractivity contribution in [2.24, 2.45) is 11.8 Å². The largest absolute Gasteiger partial charge is 0.372 e. The Balaban J connectivity index is 1.84. The zero-order valence-electron chi connectivity index (χ0n) is 10.3. The van der Waals surface area contributed by atoms with Gasteiger partial charge in [0.15, 0.2) is 0 Å². The summed E-state index contributed by atoms with van der Waals surface area (Å²) in [5.41, 5.74) is 0. The van der Waals surface area contributed by atoms with Crippen molar-refractivity contribution in [2.45, 2.75) is 64.7 Å². The quantitative estimate of drug-likeness (QED) is 0.720. The van der Waals surface area contributed by atoms with Crippen LogP contribution >= 0.6 is 0 Å². The van der Waals surface area contributed by atoms with Crippen molar-refractivity contribution in [3.05, 3.63) is 0 Å². The second-order valence-corrected chi connectivity index (χ2v) is 5.60. The summed E-state index contributed by atoms with van der Waals surface area (Å²) >= 11 is 0. The van der Waals surface area contributed by atoms with Crippen molar-refractivity contribution < 1.29 is 4.74 Å². The molecular formula is C13H25NO. The molecule has 3 unspecified atom stereocenters. The molecule has 2 heteroatoms. The maximum Gasteiger partial charge on any atom is 0.0732 e. The molecule has 0 aromatic carbocycles. The van der Waals surface area contributed by atoms with Gasteiger partial charge in [-0.25, -0.2) is 0 Å². The van der Waals surface area contributed by atoms with Crippen LogP contribution in [0.25, 0.3) is 0 Å². The van der Waals surface area contributed by atoms with Crippen molar-refractivity contribution in [3.63, 3.8) is 0 Å². The van der Waals surface area contributed by atoms with Gasteiger partial charge in [-0.2, -0.15) is 0 Å². The van der Waals surface area contributed by atoms with E-state index in [1.54, 1.807) is 0 Å². The molecule has 1 saturated carbocycles. The monoisotopic (exact) mass is 211 g/mol. The average Bonchev–Trinajstić information content (AvgIpc) is 2.23. The maximum absolute atomic E-state index is 6.11. The first kappa shape index (κ1) is 11.4. The predicted octanol–water partition coefficient (Wildman–Crippen LogP) is 2.58. The average molecular weight is 211 g/mol. The fourth-order valence-corrected chi connectivity index (χ4v) is 2.85. The maximum atomic E-state index is 6.11. The number of morpholine rings is 1. The first-order chi connectivity index (χ1) is 7.16. The Bertz CT molecular complexity index is 199. The summed E-state index contributed by atoms with van der Waals surface area (Å²) in [7, 11) is 0. The molecule has 1 aliphatic carbocycles. The molecule has 0 bridgehead atoms. The normalized spacial score (nSPS) is 47.8. The fourth-order valence-electron chi connectivity index (χ4n) is 2.85. The van der Waals surface area contributed by atoms with E-state index >= 15 is 0 Å². The van der Waals surface area contributed by atoms with Crippen LogP contribution in [0.4, 0.5) is 0 Å². The summed E-state index contributed by atoms with van der Waals surface area (Å²) in [4.78, 5) is 0. The lowest BCUT2D eigenvalue weighted by Crippen LogP contribution is -2.52. The van der Waals surface area contributed by atoms with E-state index in [0.29, 0.717) is 18.2 Å². The van der Waals surface area contributed by atoms with Gasteiger partial charge in [-0.3, -0.25) is 0 Å². The number of ether oxygens (including phenoxy) is 1. The zero-order valence-corrected chi connectivity index (χ0v) is 10.3. The first-order valence-electron chi connectivity index (χ1n) is 6.55. The molecule has 3 atom stereocenters. The Morgan fingerprint density at radius 3 is 2.27 bits per heavy atom. The van der Waals surface area contributed by atoms with E-state index in [4.69, 9.17) is 4.74 Å². The summed E-state index contributed by atoms with van der Waals surface area (Å²) in [6.07, 6.45) is 6.39. The molecule has 2 fully saturated rings.